The van der Waals surface area contributed by atoms with Gasteiger partial charge < -0.3 is 18.8 Å². The maximum Gasteiger partial charge on any atom is 0.249 e. The molecule has 0 fully saturated rings. The fraction of sp³-hybridized carbons (Fsp3) is 0.643. The van der Waals surface area contributed by atoms with Crippen molar-refractivity contribution in [3.63, 3.8) is 0 Å². The molecule has 0 spiro atoms. The van der Waals surface area contributed by atoms with E-state index in [0.29, 0.717) is 19.8 Å². The molecule has 1 amide bonds. The molecule has 0 bridgehead atoms. The maximum absolute atomic E-state index is 12.1. The Morgan fingerprint density at radius 1 is 1.37 bits per heavy atom. The first-order chi connectivity index (χ1) is 9.04. The lowest BCUT2D eigenvalue weighted by molar-refractivity contribution is -0.139. The highest BCUT2D eigenvalue weighted by molar-refractivity contribution is 5.77. The van der Waals surface area contributed by atoms with Crippen molar-refractivity contribution in [2.45, 2.75) is 33.4 Å². The van der Waals surface area contributed by atoms with Crippen LogP contribution in [0.1, 0.15) is 25.4 Å². The van der Waals surface area contributed by atoms with E-state index in [1.165, 1.54) is 0 Å². The number of rotatable bonds is 8. The Hall–Kier alpha value is -1.33. The minimum Gasteiger partial charge on any atom is -0.464 e. The van der Waals surface area contributed by atoms with E-state index < -0.39 is 0 Å². The van der Waals surface area contributed by atoms with Crippen molar-refractivity contribution < 1.29 is 18.7 Å². The molecular weight excluding hydrogens is 246 g/mol. The molecule has 0 saturated carbocycles. The molecule has 0 aliphatic rings. The van der Waals surface area contributed by atoms with Gasteiger partial charge in [-0.1, -0.05) is 0 Å². The maximum atomic E-state index is 12.1. The molecule has 1 aromatic heterocycles. The first-order valence-electron chi connectivity index (χ1n) is 6.46. The largest absolute Gasteiger partial charge is 0.464 e. The Morgan fingerprint density at radius 3 is 2.63 bits per heavy atom. The molecule has 5 nitrogen and oxygen atoms in total. The lowest BCUT2D eigenvalue weighted by Crippen LogP contribution is -2.38. The van der Waals surface area contributed by atoms with Gasteiger partial charge in [-0.25, -0.2) is 0 Å². The molecule has 0 radical (unpaired) electrons. The molecule has 5 heteroatoms. The summed E-state index contributed by atoms with van der Waals surface area (Å²) in [4.78, 5) is 13.8. The second-order valence-corrected chi connectivity index (χ2v) is 4.67. The summed E-state index contributed by atoms with van der Waals surface area (Å²) in [6, 6.07) is 3.89. The van der Waals surface area contributed by atoms with Gasteiger partial charge >= 0.3 is 0 Å². The molecule has 0 aliphatic carbocycles. The molecule has 108 valence electrons. The molecule has 19 heavy (non-hydrogen) atoms. The Labute approximate surface area is 114 Å². The SMILES string of the molecule is COCCOCC(=O)N(Cc1ccc(C)o1)C(C)C. The minimum atomic E-state index is -0.0415. The first-order valence-corrected chi connectivity index (χ1v) is 6.46. The second kappa shape index (κ2) is 7.96. The standard InChI is InChI=1S/C14H23NO4/c1-11(2)15(9-13-6-5-12(3)19-13)14(16)10-18-8-7-17-4/h5-6,11H,7-10H2,1-4H3. The van der Waals surface area contributed by atoms with E-state index in [4.69, 9.17) is 13.9 Å². The van der Waals surface area contributed by atoms with Gasteiger partial charge in [-0.15, -0.1) is 0 Å². The van der Waals surface area contributed by atoms with Crippen LogP contribution >= 0.6 is 0 Å². The summed E-state index contributed by atoms with van der Waals surface area (Å²) >= 11 is 0. The average Bonchev–Trinajstić information content (AvgIpc) is 2.77. The van der Waals surface area contributed by atoms with Gasteiger partial charge in [0.05, 0.1) is 19.8 Å². The third-order valence-corrected chi connectivity index (χ3v) is 2.72. The lowest BCUT2D eigenvalue weighted by Gasteiger charge is -2.25. The van der Waals surface area contributed by atoms with Crippen molar-refractivity contribution in [3.05, 3.63) is 23.7 Å². The lowest BCUT2D eigenvalue weighted by atomic mass is 10.3. The number of carbonyl (C=O) groups excluding carboxylic acids is 1. The highest BCUT2D eigenvalue weighted by Crippen LogP contribution is 2.12. The number of carbonyl (C=O) groups is 1. The number of aryl methyl sites for hydroxylation is 1. The zero-order valence-corrected chi connectivity index (χ0v) is 12.1. The summed E-state index contributed by atoms with van der Waals surface area (Å²) < 4.78 is 15.6. The van der Waals surface area contributed by atoms with E-state index in [2.05, 4.69) is 0 Å². The summed E-state index contributed by atoms with van der Waals surface area (Å²) in [6.07, 6.45) is 0. The van der Waals surface area contributed by atoms with Crippen LogP contribution in [0.4, 0.5) is 0 Å². The quantitative estimate of drug-likeness (QED) is 0.677. The summed E-state index contributed by atoms with van der Waals surface area (Å²) in [5.74, 6) is 1.60. The van der Waals surface area contributed by atoms with Gasteiger partial charge in [0, 0.05) is 13.2 Å². The van der Waals surface area contributed by atoms with Gasteiger partial charge in [-0.3, -0.25) is 4.79 Å². The third-order valence-electron chi connectivity index (χ3n) is 2.72. The summed E-state index contributed by atoms with van der Waals surface area (Å²) in [6.45, 7) is 7.30. The molecule has 1 heterocycles. The number of nitrogens with zero attached hydrogens (tertiary/aromatic N) is 1. The monoisotopic (exact) mass is 269 g/mol. The Morgan fingerprint density at radius 2 is 2.11 bits per heavy atom. The van der Waals surface area contributed by atoms with Crippen LogP contribution in [-0.2, 0) is 20.8 Å². The van der Waals surface area contributed by atoms with E-state index >= 15 is 0 Å². The molecule has 1 rings (SSSR count). The number of ether oxygens (including phenoxy) is 2. The fourth-order valence-corrected chi connectivity index (χ4v) is 1.68. The first kappa shape index (κ1) is 15.7. The number of hydrogen-bond donors (Lipinski definition) is 0. The van der Waals surface area contributed by atoms with Crippen LogP contribution < -0.4 is 0 Å². The van der Waals surface area contributed by atoms with Gasteiger partial charge in [0.1, 0.15) is 18.1 Å². The van der Waals surface area contributed by atoms with Crippen LogP contribution in [0, 0.1) is 6.92 Å². The Balaban J connectivity index is 2.49. The number of methoxy groups -OCH3 is 1. The topological polar surface area (TPSA) is 51.9 Å². The summed E-state index contributed by atoms with van der Waals surface area (Å²) in [5, 5.41) is 0. The van der Waals surface area contributed by atoms with Crippen molar-refractivity contribution in [2.75, 3.05) is 26.9 Å². The van der Waals surface area contributed by atoms with Crippen molar-refractivity contribution >= 4 is 5.91 Å². The van der Waals surface area contributed by atoms with Gasteiger partial charge in [0.15, 0.2) is 0 Å². The summed E-state index contributed by atoms with van der Waals surface area (Å²) in [5.41, 5.74) is 0. The molecule has 0 atom stereocenters. The van der Waals surface area contributed by atoms with E-state index in [9.17, 15) is 4.79 Å². The normalized spacial score (nSPS) is 11.0. The number of amides is 1. The predicted octanol–water partition coefficient (Wildman–Crippen LogP) is 1.99. The highest BCUT2D eigenvalue weighted by Gasteiger charge is 2.18. The highest BCUT2D eigenvalue weighted by atomic mass is 16.5. The molecule has 0 aromatic carbocycles. The van der Waals surface area contributed by atoms with Gasteiger partial charge in [0.25, 0.3) is 0 Å². The van der Waals surface area contributed by atoms with Crippen LogP contribution in [0.25, 0.3) is 0 Å². The van der Waals surface area contributed by atoms with Crippen molar-refractivity contribution in [2.24, 2.45) is 0 Å². The number of hydrogen-bond acceptors (Lipinski definition) is 4. The van der Waals surface area contributed by atoms with E-state index in [-0.39, 0.29) is 18.6 Å². The molecule has 0 unspecified atom stereocenters. The van der Waals surface area contributed by atoms with E-state index in [1.807, 2.05) is 32.9 Å². The van der Waals surface area contributed by atoms with Crippen LogP contribution in [0.3, 0.4) is 0 Å². The average molecular weight is 269 g/mol. The Bertz CT molecular complexity index is 387. The second-order valence-electron chi connectivity index (χ2n) is 4.67. The zero-order valence-electron chi connectivity index (χ0n) is 12.1. The molecule has 1 aromatic rings. The molecule has 0 N–H and O–H groups in total. The molecule has 0 saturated heterocycles. The van der Waals surface area contributed by atoms with E-state index in [0.717, 1.165) is 11.5 Å². The zero-order chi connectivity index (χ0) is 14.3. The minimum absolute atomic E-state index is 0.0415. The predicted molar refractivity (Wildman–Crippen MR) is 71.8 cm³/mol. The Kier molecular flexibility index (Phi) is 6.59. The van der Waals surface area contributed by atoms with Crippen LogP contribution in [0.5, 0.6) is 0 Å². The van der Waals surface area contributed by atoms with Crippen molar-refractivity contribution in [1.82, 2.24) is 4.90 Å². The van der Waals surface area contributed by atoms with E-state index in [1.54, 1.807) is 12.0 Å². The van der Waals surface area contributed by atoms with Crippen molar-refractivity contribution in [1.29, 1.82) is 0 Å². The van der Waals surface area contributed by atoms with Gasteiger partial charge in [-0.2, -0.15) is 0 Å². The van der Waals surface area contributed by atoms with Crippen LogP contribution in [0.2, 0.25) is 0 Å². The van der Waals surface area contributed by atoms with Gasteiger partial charge in [0.2, 0.25) is 5.91 Å². The van der Waals surface area contributed by atoms with Crippen LogP contribution in [0.15, 0.2) is 16.5 Å². The van der Waals surface area contributed by atoms with Crippen LogP contribution in [-0.4, -0.2) is 43.8 Å². The third kappa shape index (κ3) is 5.44. The van der Waals surface area contributed by atoms with Gasteiger partial charge in [-0.05, 0) is 32.9 Å². The number of furan rings is 1. The molecule has 0 aliphatic heterocycles. The van der Waals surface area contributed by atoms with Crippen molar-refractivity contribution in [3.8, 4) is 0 Å². The summed E-state index contributed by atoms with van der Waals surface area (Å²) in [7, 11) is 1.60. The fourth-order valence-electron chi connectivity index (χ4n) is 1.68. The smallest absolute Gasteiger partial charge is 0.249 e. The molecular formula is C14H23NO4.